The Labute approximate surface area is 179 Å². The fourth-order valence-corrected chi connectivity index (χ4v) is 6.28. The van der Waals surface area contributed by atoms with Gasteiger partial charge in [0.25, 0.3) is 5.56 Å². The maximum atomic E-state index is 13.0. The smallest absolute Gasteiger partial charge is 0.253 e. The van der Waals surface area contributed by atoms with E-state index in [1.54, 1.807) is 6.07 Å². The first kappa shape index (κ1) is 20.2. The maximum absolute atomic E-state index is 13.0. The monoisotopic (exact) mass is 412 g/mol. The second kappa shape index (κ2) is 8.81. The van der Waals surface area contributed by atoms with Crippen LogP contribution in [-0.2, 0) is 17.8 Å². The van der Waals surface area contributed by atoms with Gasteiger partial charge in [-0.15, -0.1) is 0 Å². The van der Waals surface area contributed by atoms with E-state index in [0.717, 1.165) is 81.8 Å². The summed E-state index contributed by atoms with van der Waals surface area (Å²) in [6.45, 7) is 5.03. The third kappa shape index (κ3) is 4.20. The first-order valence-electron chi connectivity index (χ1n) is 12.3. The second-order valence-corrected chi connectivity index (χ2v) is 10.1. The number of hydrogen-bond acceptors (Lipinski definition) is 4. The van der Waals surface area contributed by atoms with Crippen LogP contribution < -0.4 is 5.56 Å². The molecule has 0 aromatic carbocycles. The summed E-state index contributed by atoms with van der Waals surface area (Å²) < 4.78 is 1.88. The molecule has 0 N–H and O–H groups in total. The molecule has 1 saturated carbocycles. The van der Waals surface area contributed by atoms with Gasteiger partial charge in [-0.05, 0) is 50.5 Å². The van der Waals surface area contributed by atoms with Crippen LogP contribution in [0, 0.1) is 11.8 Å². The van der Waals surface area contributed by atoms with Crippen molar-refractivity contribution in [1.29, 1.82) is 0 Å². The molecular weight excluding hydrogens is 376 g/mol. The fourth-order valence-electron chi connectivity index (χ4n) is 6.28. The third-order valence-electron chi connectivity index (χ3n) is 8.08. The number of fused-ring (bicyclic) bond motifs is 2. The molecule has 4 aliphatic rings. The molecule has 1 amide bonds. The first-order chi connectivity index (χ1) is 14.7. The summed E-state index contributed by atoms with van der Waals surface area (Å²) in [6, 6.07) is 1.76. The van der Waals surface area contributed by atoms with Crippen molar-refractivity contribution >= 4 is 5.91 Å². The zero-order valence-electron chi connectivity index (χ0n) is 18.2. The summed E-state index contributed by atoms with van der Waals surface area (Å²) in [6.07, 6.45) is 11.9. The van der Waals surface area contributed by atoms with Crippen molar-refractivity contribution < 1.29 is 4.79 Å². The van der Waals surface area contributed by atoms with Crippen LogP contribution in [0.2, 0.25) is 0 Å². The molecule has 1 aromatic rings. The molecule has 6 nitrogen and oxygen atoms in total. The van der Waals surface area contributed by atoms with Crippen molar-refractivity contribution in [3.05, 3.63) is 27.9 Å². The normalized spacial score (nSPS) is 29.9. The summed E-state index contributed by atoms with van der Waals surface area (Å²) in [5, 5.41) is 0. The number of aryl methyl sites for hydroxylation is 1. The standard InChI is InChI=1S/C24H36N4O2/c29-23-14-21(25-22-8-2-1-5-11-28(22)23)20-9-12-26(15-20)17-24(30)27-13-10-18-6-3-4-7-19(18)16-27/h14,18-20H,1-13,15-17H2/t18-,19-,20+/m1/s1. The number of nitrogens with zero attached hydrogens (tertiary/aromatic N) is 4. The molecule has 0 bridgehead atoms. The van der Waals surface area contributed by atoms with E-state index in [9.17, 15) is 9.59 Å². The SMILES string of the molecule is O=C(CN1CC[C@H](c2cc(=O)n3c(n2)CCCCC3)C1)N1CC[C@H]2CCCC[C@@H]2C1. The quantitative estimate of drug-likeness (QED) is 0.766. The van der Waals surface area contributed by atoms with Gasteiger partial charge in [0, 0.05) is 44.6 Å². The van der Waals surface area contributed by atoms with E-state index >= 15 is 0 Å². The van der Waals surface area contributed by atoms with Crippen LogP contribution in [-0.4, -0.2) is 58.0 Å². The zero-order valence-corrected chi connectivity index (χ0v) is 18.2. The third-order valence-corrected chi connectivity index (χ3v) is 8.08. The van der Waals surface area contributed by atoms with Gasteiger partial charge in [0.1, 0.15) is 5.82 Å². The summed E-state index contributed by atoms with van der Waals surface area (Å²) in [5.41, 5.74) is 1.06. The van der Waals surface area contributed by atoms with Crippen LogP contribution in [0.4, 0.5) is 0 Å². The maximum Gasteiger partial charge on any atom is 0.253 e. The van der Waals surface area contributed by atoms with Crippen LogP contribution in [0.25, 0.3) is 0 Å². The molecule has 5 rings (SSSR count). The average Bonchev–Trinajstić information content (AvgIpc) is 3.09. The lowest BCUT2D eigenvalue weighted by Crippen LogP contribution is -2.48. The van der Waals surface area contributed by atoms with Crippen molar-refractivity contribution in [1.82, 2.24) is 19.4 Å². The number of aromatic nitrogens is 2. The number of amides is 1. The lowest BCUT2D eigenvalue weighted by molar-refractivity contribution is -0.135. The van der Waals surface area contributed by atoms with Crippen molar-refractivity contribution in [3.63, 3.8) is 0 Å². The Bertz CT molecular complexity index is 835. The predicted octanol–water partition coefficient (Wildman–Crippen LogP) is 2.80. The van der Waals surface area contributed by atoms with Gasteiger partial charge in [-0.1, -0.05) is 25.7 Å². The summed E-state index contributed by atoms with van der Waals surface area (Å²) in [5.74, 6) is 3.15. The largest absolute Gasteiger partial charge is 0.341 e. The van der Waals surface area contributed by atoms with Gasteiger partial charge in [0.2, 0.25) is 5.91 Å². The Morgan fingerprint density at radius 2 is 1.80 bits per heavy atom. The molecule has 3 fully saturated rings. The molecular formula is C24H36N4O2. The number of rotatable bonds is 3. The molecule has 0 radical (unpaired) electrons. The summed E-state index contributed by atoms with van der Waals surface area (Å²) in [7, 11) is 0. The zero-order chi connectivity index (χ0) is 20.5. The van der Waals surface area contributed by atoms with Gasteiger partial charge in [-0.25, -0.2) is 4.98 Å². The Kier molecular flexibility index (Phi) is 5.94. The Hall–Kier alpha value is -1.69. The Morgan fingerprint density at radius 1 is 0.933 bits per heavy atom. The fraction of sp³-hybridized carbons (Fsp3) is 0.792. The highest BCUT2D eigenvalue weighted by atomic mass is 16.2. The lowest BCUT2D eigenvalue weighted by Gasteiger charge is -2.41. The number of carbonyl (C=O) groups is 1. The van der Waals surface area contributed by atoms with Crippen LogP contribution in [0.3, 0.4) is 0 Å². The highest BCUT2D eigenvalue weighted by molar-refractivity contribution is 5.78. The van der Waals surface area contributed by atoms with Gasteiger partial charge in [-0.2, -0.15) is 0 Å². The van der Waals surface area contributed by atoms with Gasteiger partial charge < -0.3 is 4.90 Å². The highest BCUT2D eigenvalue weighted by Gasteiger charge is 2.34. The van der Waals surface area contributed by atoms with Gasteiger partial charge in [0.15, 0.2) is 0 Å². The van der Waals surface area contributed by atoms with Crippen LogP contribution in [0.1, 0.15) is 75.2 Å². The molecule has 30 heavy (non-hydrogen) atoms. The van der Waals surface area contributed by atoms with E-state index in [-0.39, 0.29) is 11.5 Å². The van der Waals surface area contributed by atoms with Crippen LogP contribution >= 0.6 is 0 Å². The van der Waals surface area contributed by atoms with Crippen molar-refractivity contribution in [2.45, 2.75) is 76.7 Å². The number of piperidine rings is 1. The van der Waals surface area contributed by atoms with Crippen LogP contribution in [0.5, 0.6) is 0 Å². The molecule has 1 aliphatic carbocycles. The van der Waals surface area contributed by atoms with Crippen molar-refractivity contribution in [2.24, 2.45) is 11.8 Å². The van der Waals surface area contributed by atoms with E-state index < -0.39 is 0 Å². The van der Waals surface area contributed by atoms with E-state index in [2.05, 4.69) is 9.80 Å². The molecule has 4 heterocycles. The number of carbonyl (C=O) groups excluding carboxylic acids is 1. The average molecular weight is 413 g/mol. The highest BCUT2D eigenvalue weighted by Crippen LogP contribution is 2.36. The minimum atomic E-state index is 0.113. The molecule has 0 spiro atoms. The Balaban J connectivity index is 1.19. The van der Waals surface area contributed by atoms with Crippen molar-refractivity contribution in [2.75, 3.05) is 32.7 Å². The van der Waals surface area contributed by atoms with Gasteiger partial charge in [-0.3, -0.25) is 19.1 Å². The minimum absolute atomic E-state index is 0.113. The molecule has 3 aliphatic heterocycles. The van der Waals surface area contributed by atoms with E-state index in [4.69, 9.17) is 4.98 Å². The second-order valence-electron chi connectivity index (χ2n) is 10.1. The van der Waals surface area contributed by atoms with E-state index in [1.165, 1.54) is 38.5 Å². The summed E-state index contributed by atoms with van der Waals surface area (Å²) in [4.78, 5) is 34.9. The minimum Gasteiger partial charge on any atom is -0.341 e. The molecule has 0 unspecified atom stereocenters. The molecule has 1 aromatic heterocycles. The van der Waals surface area contributed by atoms with E-state index in [0.29, 0.717) is 12.5 Å². The number of likely N-dealkylation sites (tertiary alicyclic amines) is 2. The lowest BCUT2D eigenvalue weighted by atomic mass is 9.75. The van der Waals surface area contributed by atoms with Gasteiger partial charge >= 0.3 is 0 Å². The topological polar surface area (TPSA) is 58.4 Å². The molecule has 3 atom stereocenters. The molecule has 6 heteroatoms. The predicted molar refractivity (Wildman–Crippen MR) is 116 cm³/mol. The number of hydrogen-bond donors (Lipinski definition) is 0. The van der Waals surface area contributed by atoms with Gasteiger partial charge in [0.05, 0.1) is 12.2 Å². The first-order valence-corrected chi connectivity index (χ1v) is 12.3. The van der Waals surface area contributed by atoms with Crippen molar-refractivity contribution in [3.8, 4) is 0 Å². The van der Waals surface area contributed by atoms with E-state index in [1.807, 2.05) is 4.57 Å². The Morgan fingerprint density at radius 3 is 2.70 bits per heavy atom. The van der Waals surface area contributed by atoms with Crippen LogP contribution in [0.15, 0.2) is 10.9 Å². The molecule has 164 valence electrons. The molecule has 2 saturated heterocycles. The summed E-state index contributed by atoms with van der Waals surface area (Å²) >= 11 is 0.